The van der Waals surface area contributed by atoms with E-state index in [0.717, 1.165) is 13.1 Å². The molecule has 0 spiro atoms. The quantitative estimate of drug-likeness (QED) is 0.887. The molecule has 0 aliphatic carbocycles. The minimum atomic E-state index is 0.651. The maximum atomic E-state index is 4.43. The third kappa shape index (κ3) is 1.90. The Bertz CT molecular complexity index is 582. The lowest BCUT2D eigenvalue weighted by molar-refractivity contribution is 0.580. The number of nitrogens with zero attached hydrogens (tertiary/aromatic N) is 2. The molecule has 2 aliphatic heterocycles. The van der Waals surface area contributed by atoms with Crippen molar-refractivity contribution in [3.05, 3.63) is 48.8 Å². The van der Waals surface area contributed by atoms with Crippen LogP contribution in [0.5, 0.6) is 0 Å². The van der Waals surface area contributed by atoms with Crippen molar-refractivity contribution in [3.63, 3.8) is 0 Å². The van der Waals surface area contributed by atoms with E-state index in [0.29, 0.717) is 12.1 Å². The smallest absolute Gasteiger partial charge is 0.0562 e. The van der Waals surface area contributed by atoms with Crippen molar-refractivity contribution in [2.24, 2.45) is 0 Å². The zero-order valence-electron chi connectivity index (χ0n) is 10.8. The van der Waals surface area contributed by atoms with Crippen LogP contribution in [0.25, 0.3) is 11.1 Å². The molecule has 3 heterocycles. The lowest BCUT2D eigenvalue weighted by Gasteiger charge is -2.29. The molecule has 1 N–H and O–H groups in total. The van der Waals surface area contributed by atoms with Gasteiger partial charge in [-0.2, -0.15) is 0 Å². The minimum absolute atomic E-state index is 0.651. The van der Waals surface area contributed by atoms with Crippen LogP contribution in [-0.4, -0.2) is 30.2 Å². The lowest BCUT2D eigenvalue weighted by atomic mass is 10.1. The van der Waals surface area contributed by atoms with Crippen LogP contribution in [0.3, 0.4) is 0 Å². The maximum Gasteiger partial charge on any atom is 0.0562 e. The van der Waals surface area contributed by atoms with E-state index in [2.05, 4.69) is 45.5 Å². The number of hydrogen-bond donors (Lipinski definition) is 1. The van der Waals surface area contributed by atoms with Gasteiger partial charge in [-0.05, 0) is 18.1 Å². The van der Waals surface area contributed by atoms with E-state index in [1.54, 1.807) is 0 Å². The standard InChI is InChI=1S/C16H17N3/c1-2-4-12(5-3-1)13-6-15(9-17-8-13)19-11-14-7-16(19)10-18-14/h1-6,8-9,14,16,18H,7,10-11H2/t14?,16-/m0/s1. The van der Waals surface area contributed by atoms with E-state index in [4.69, 9.17) is 0 Å². The Morgan fingerprint density at radius 3 is 2.74 bits per heavy atom. The van der Waals surface area contributed by atoms with Gasteiger partial charge in [0.05, 0.1) is 11.9 Å². The number of benzene rings is 1. The average Bonchev–Trinajstić information content (AvgIpc) is 3.11. The first-order valence-electron chi connectivity index (χ1n) is 6.91. The summed E-state index contributed by atoms with van der Waals surface area (Å²) in [5, 5.41) is 3.54. The number of rotatable bonds is 2. The summed E-state index contributed by atoms with van der Waals surface area (Å²) in [6, 6.07) is 14.1. The summed E-state index contributed by atoms with van der Waals surface area (Å²) in [7, 11) is 0. The number of hydrogen-bond acceptors (Lipinski definition) is 3. The molecule has 2 atom stereocenters. The monoisotopic (exact) mass is 251 g/mol. The Balaban J connectivity index is 1.68. The van der Waals surface area contributed by atoms with Crippen LogP contribution in [0.15, 0.2) is 48.8 Å². The van der Waals surface area contributed by atoms with E-state index in [-0.39, 0.29) is 0 Å². The molecule has 2 aromatic rings. The number of anilines is 1. The van der Waals surface area contributed by atoms with Crippen LogP contribution in [0.4, 0.5) is 5.69 Å². The fourth-order valence-electron chi connectivity index (χ4n) is 3.25. The zero-order chi connectivity index (χ0) is 12.7. The van der Waals surface area contributed by atoms with Gasteiger partial charge in [-0.1, -0.05) is 30.3 Å². The molecular weight excluding hydrogens is 234 g/mol. The van der Waals surface area contributed by atoms with Crippen molar-refractivity contribution in [1.29, 1.82) is 0 Å². The Kier molecular flexibility index (Phi) is 2.52. The van der Waals surface area contributed by atoms with Gasteiger partial charge >= 0.3 is 0 Å². The van der Waals surface area contributed by atoms with Crippen LogP contribution in [0, 0.1) is 0 Å². The predicted molar refractivity (Wildman–Crippen MR) is 77.2 cm³/mol. The average molecular weight is 251 g/mol. The van der Waals surface area contributed by atoms with Gasteiger partial charge in [0.2, 0.25) is 0 Å². The molecular formula is C16H17N3. The van der Waals surface area contributed by atoms with E-state index in [1.807, 2.05) is 18.5 Å². The van der Waals surface area contributed by atoms with Crippen molar-refractivity contribution in [2.45, 2.75) is 18.5 Å². The highest BCUT2D eigenvalue weighted by molar-refractivity contribution is 5.67. The van der Waals surface area contributed by atoms with Gasteiger partial charge in [0.25, 0.3) is 0 Å². The zero-order valence-corrected chi connectivity index (χ0v) is 10.8. The third-order valence-electron chi connectivity index (χ3n) is 4.22. The van der Waals surface area contributed by atoms with E-state index < -0.39 is 0 Å². The Labute approximate surface area is 113 Å². The van der Waals surface area contributed by atoms with Gasteiger partial charge in [0.15, 0.2) is 0 Å². The molecule has 4 rings (SSSR count). The first-order chi connectivity index (χ1) is 9.40. The lowest BCUT2D eigenvalue weighted by Crippen LogP contribution is -2.43. The predicted octanol–water partition coefficient (Wildman–Crippen LogP) is 2.30. The Hall–Kier alpha value is -1.87. The summed E-state index contributed by atoms with van der Waals surface area (Å²) in [6.07, 6.45) is 5.22. The number of fused-ring (bicyclic) bond motifs is 2. The van der Waals surface area contributed by atoms with Crippen molar-refractivity contribution < 1.29 is 0 Å². The highest BCUT2D eigenvalue weighted by Crippen LogP contribution is 2.31. The summed E-state index contributed by atoms with van der Waals surface area (Å²) in [4.78, 5) is 6.93. The van der Waals surface area contributed by atoms with Crippen LogP contribution < -0.4 is 10.2 Å². The molecule has 3 nitrogen and oxygen atoms in total. The van der Waals surface area contributed by atoms with Crippen molar-refractivity contribution in [2.75, 3.05) is 18.0 Å². The molecule has 1 unspecified atom stereocenters. The number of pyridine rings is 1. The van der Waals surface area contributed by atoms with E-state index in [9.17, 15) is 0 Å². The van der Waals surface area contributed by atoms with E-state index >= 15 is 0 Å². The molecule has 0 radical (unpaired) electrons. The van der Waals surface area contributed by atoms with Gasteiger partial charge in [0.1, 0.15) is 0 Å². The Morgan fingerprint density at radius 2 is 2.00 bits per heavy atom. The van der Waals surface area contributed by atoms with Crippen molar-refractivity contribution in [3.8, 4) is 11.1 Å². The van der Waals surface area contributed by atoms with Crippen LogP contribution in [-0.2, 0) is 0 Å². The molecule has 1 aromatic heterocycles. The Morgan fingerprint density at radius 1 is 1.11 bits per heavy atom. The summed E-state index contributed by atoms with van der Waals surface area (Å²) in [5.41, 5.74) is 3.70. The van der Waals surface area contributed by atoms with Gasteiger partial charge in [0, 0.05) is 36.9 Å². The minimum Gasteiger partial charge on any atom is -0.364 e. The molecule has 2 fully saturated rings. The summed E-state index contributed by atoms with van der Waals surface area (Å²) < 4.78 is 0. The first kappa shape index (κ1) is 11.0. The first-order valence-corrected chi connectivity index (χ1v) is 6.91. The van der Waals surface area contributed by atoms with Crippen LogP contribution in [0.1, 0.15) is 6.42 Å². The topological polar surface area (TPSA) is 28.2 Å². The molecule has 3 heteroatoms. The largest absolute Gasteiger partial charge is 0.364 e. The van der Waals surface area contributed by atoms with Gasteiger partial charge in [-0.15, -0.1) is 0 Å². The molecule has 2 bridgehead atoms. The summed E-state index contributed by atoms with van der Waals surface area (Å²) in [6.45, 7) is 2.23. The number of aromatic nitrogens is 1. The number of piperazine rings is 1. The summed E-state index contributed by atoms with van der Waals surface area (Å²) in [5.74, 6) is 0. The molecule has 0 saturated carbocycles. The van der Waals surface area contributed by atoms with E-state index in [1.165, 1.54) is 23.2 Å². The summed E-state index contributed by atoms with van der Waals surface area (Å²) >= 11 is 0. The number of nitrogens with one attached hydrogen (secondary N) is 1. The second-order valence-electron chi connectivity index (χ2n) is 5.44. The molecule has 2 aliphatic rings. The molecule has 1 aromatic carbocycles. The molecule has 0 amide bonds. The van der Waals surface area contributed by atoms with Crippen LogP contribution >= 0.6 is 0 Å². The van der Waals surface area contributed by atoms with Gasteiger partial charge in [-0.3, -0.25) is 4.98 Å². The normalized spacial score (nSPS) is 24.9. The fourth-order valence-corrected chi connectivity index (χ4v) is 3.25. The van der Waals surface area contributed by atoms with Crippen molar-refractivity contribution >= 4 is 5.69 Å². The highest BCUT2D eigenvalue weighted by Gasteiger charge is 2.37. The van der Waals surface area contributed by atoms with Gasteiger partial charge < -0.3 is 10.2 Å². The maximum absolute atomic E-state index is 4.43. The van der Waals surface area contributed by atoms with Crippen molar-refractivity contribution in [1.82, 2.24) is 10.3 Å². The second-order valence-corrected chi connectivity index (χ2v) is 5.44. The SMILES string of the molecule is c1ccc(-c2cncc(N3CC4C[C@H]3CN4)c2)cc1. The molecule has 2 saturated heterocycles. The molecule has 96 valence electrons. The molecule has 19 heavy (non-hydrogen) atoms. The second kappa shape index (κ2) is 4.35. The highest BCUT2D eigenvalue weighted by atomic mass is 15.3. The van der Waals surface area contributed by atoms with Gasteiger partial charge in [-0.25, -0.2) is 0 Å². The van der Waals surface area contributed by atoms with Crippen LogP contribution in [0.2, 0.25) is 0 Å². The fraction of sp³-hybridized carbons (Fsp3) is 0.312. The third-order valence-corrected chi connectivity index (χ3v) is 4.22.